The van der Waals surface area contributed by atoms with Gasteiger partial charge in [-0.1, -0.05) is 6.07 Å². The van der Waals surface area contributed by atoms with Crippen molar-refractivity contribution in [2.75, 3.05) is 31.1 Å². The summed E-state index contributed by atoms with van der Waals surface area (Å²) < 4.78 is 20.4. The molecule has 4 fully saturated rings. The average molecular weight is 461 g/mol. The van der Waals surface area contributed by atoms with E-state index in [4.69, 9.17) is 4.74 Å². The van der Waals surface area contributed by atoms with Crippen LogP contribution < -0.4 is 15.5 Å². The zero-order valence-electron chi connectivity index (χ0n) is 18.5. The Hall–Kier alpha value is -3.51. The van der Waals surface area contributed by atoms with Crippen molar-refractivity contribution in [3.8, 4) is 17.2 Å². The van der Waals surface area contributed by atoms with Crippen molar-refractivity contribution in [1.29, 1.82) is 5.26 Å². The summed E-state index contributed by atoms with van der Waals surface area (Å²) in [7, 11) is 0. The lowest BCUT2D eigenvalue weighted by molar-refractivity contribution is -0.122. The molecule has 2 saturated heterocycles. The molecule has 6 rings (SSSR count). The van der Waals surface area contributed by atoms with Crippen LogP contribution in [-0.2, 0) is 14.9 Å². The summed E-state index contributed by atoms with van der Waals surface area (Å²) in [5, 5.41) is 15.9. The number of hydrogen-bond acceptors (Lipinski definition) is 6. The molecule has 1 aromatic carbocycles. The largest absolute Gasteiger partial charge is 0.442 e. The Kier molecular flexibility index (Phi) is 4.81. The van der Waals surface area contributed by atoms with Crippen molar-refractivity contribution in [3.63, 3.8) is 0 Å². The Balaban J connectivity index is 1.15. The first-order chi connectivity index (χ1) is 16.5. The molecule has 2 amide bonds. The molecular weight excluding hydrogens is 437 g/mol. The van der Waals surface area contributed by atoms with Crippen LogP contribution in [0.3, 0.4) is 0 Å². The van der Waals surface area contributed by atoms with Crippen molar-refractivity contribution >= 4 is 17.7 Å². The van der Waals surface area contributed by atoms with Crippen LogP contribution >= 0.6 is 0 Å². The summed E-state index contributed by atoms with van der Waals surface area (Å²) in [6.45, 7) is 2.14. The van der Waals surface area contributed by atoms with Crippen LogP contribution in [0, 0.1) is 34.9 Å². The van der Waals surface area contributed by atoms with Crippen molar-refractivity contribution in [1.82, 2.24) is 15.6 Å². The first-order valence-corrected chi connectivity index (χ1v) is 11.7. The van der Waals surface area contributed by atoms with Gasteiger partial charge in [0.05, 0.1) is 30.5 Å². The molecular formula is C25H24FN5O3. The Labute approximate surface area is 196 Å². The number of pyridine rings is 1. The zero-order valence-corrected chi connectivity index (χ0v) is 18.5. The quantitative estimate of drug-likeness (QED) is 0.684. The van der Waals surface area contributed by atoms with Crippen LogP contribution in [0.15, 0.2) is 36.5 Å². The van der Waals surface area contributed by atoms with Crippen LogP contribution in [-0.4, -0.2) is 49.3 Å². The molecule has 3 atom stereocenters. The minimum Gasteiger partial charge on any atom is -0.442 e. The zero-order chi connectivity index (χ0) is 23.4. The number of cyclic esters (lactones) is 1. The minimum atomic E-state index is -0.560. The first-order valence-electron chi connectivity index (χ1n) is 11.7. The second kappa shape index (κ2) is 7.77. The lowest BCUT2D eigenvalue weighted by Crippen LogP contribution is -2.35. The molecule has 2 saturated carbocycles. The molecule has 0 radical (unpaired) electrons. The second-order valence-corrected chi connectivity index (χ2v) is 9.58. The summed E-state index contributed by atoms with van der Waals surface area (Å²) in [5.74, 6) is 0.181. The molecule has 2 aliphatic heterocycles. The van der Waals surface area contributed by atoms with Gasteiger partial charge in [0.25, 0.3) is 0 Å². The number of fused-ring (bicyclic) bond motifs is 1. The summed E-state index contributed by atoms with van der Waals surface area (Å²) >= 11 is 0. The molecule has 4 aliphatic rings. The van der Waals surface area contributed by atoms with Crippen molar-refractivity contribution in [2.24, 2.45) is 17.8 Å². The SMILES string of the molecule is N#CC1(c2ccc(-c3ccc(N4C[C@H](CNC(=O)C5CC5)OC4=O)cc3F)cn2)C2CNCC21. The summed E-state index contributed by atoms with van der Waals surface area (Å²) in [6.07, 6.45) is 2.39. The predicted molar refractivity (Wildman–Crippen MR) is 120 cm³/mol. The molecule has 9 heteroatoms. The highest BCUT2D eigenvalue weighted by Gasteiger charge is 2.69. The number of carbonyl (C=O) groups excluding carboxylic acids is 2. The monoisotopic (exact) mass is 461 g/mol. The van der Waals surface area contributed by atoms with Gasteiger partial charge in [-0.3, -0.25) is 14.7 Å². The topological polar surface area (TPSA) is 107 Å². The third-order valence-corrected chi connectivity index (χ3v) is 7.55. The summed E-state index contributed by atoms with van der Waals surface area (Å²) in [4.78, 5) is 30.0. The van der Waals surface area contributed by atoms with Gasteiger partial charge in [-0.25, -0.2) is 9.18 Å². The van der Waals surface area contributed by atoms with Crippen LogP contribution in [0.1, 0.15) is 18.5 Å². The number of rotatable bonds is 6. The van der Waals surface area contributed by atoms with Gasteiger partial charge in [-0.05, 0) is 37.1 Å². The highest BCUT2D eigenvalue weighted by Crippen LogP contribution is 2.60. The molecule has 3 heterocycles. The number of aromatic nitrogens is 1. The summed E-state index contributed by atoms with van der Waals surface area (Å²) in [5.41, 5.74) is 1.58. The van der Waals surface area contributed by atoms with E-state index in [-0.39, 0.29) is 36.8 Å². The fraction of sp³-hybridized carbons (Fsp3) is 0.440. The number of piperidine rings is 1. The maximum absolute atomic E-state index is 15.0. The number of nitrogens with one attached hydrogen (secondary N) is 2. The Morgan fingerprint density at radius 3 is 2.74 bits per heavy atom. The van der Waals surface area contributed by atoms with Crippen molar-refractivity contribution < 1.29 is 18.7 Å². The van der Waals surface area contributed by atoms with Gasteiger partial charge >= 0.3 is 6.09 Å². The third-order valence-electron chi connectivity index (χ3n) is 7.55. The van der Waals surface area contributed by atoms with Gasteiger partial charge in [0.2, 0.25) is 5.91 Å². The van der Waals surface area contributed by atoms with E-state index in [9.17, 15) is 14.9 Å². The van der Waals surface area contributed by atoms with Gasteiger partial charge in [0.15, 0.2) is 0 Å². The number of carbonyl (C=O) groups is 2. The summed E-state index contributed by atoms with van der Waals surface area (Å²) in [6, 6.07) is 10.7. The van der Waals surface area contributed by atoms with E-state index in [0.29, 0.717) is 16.8 Å². The van der Waals surface area contributed by atoms with Crippen LogP contribution in [0.5, 0.6) is 0 Å². The number of halogens is 1. The molecule has 2 aliphatic carbocycles. The molecule has 0 spiro atoms. The molecule has 174 valence electrons. The molecule has 8 nitrogen and oxygen atoms in total. The van der Waals surface area contributed by atoms with E-state index >= 15 is 4.39 Å². The number of nitrogens with zero attached hydrogens (tertiary/aromatic N) is 3. The van der Waals surface area contributed by atoms with Gasteiger partial charge in [0, 0.05) is 48.2 Å². The first kappa shape index (κ1) is 21.1. The van der Waals surface area contributed by atoms with Crippen LogP contribution in [0.25, 0.3) is 11.1 Å². The van der Waals surface area contributed by atoms with Gasteiger partial charge in [0.1, 0.15) is 17.3 Å². The van der Waals surface area contributed by atoms with E-state index in [0.717, 1.165) is 31.6 Å². The maximum atomic E-state index is 15.0. The molecule has 2 unspecified atom stereocenters. The highest BCUT2D eigenvalue weighted by atomic mass is 19.1. The van der Waals surface area contributed by atoms with E-state index in [1.807, 2.05) is 6.07 Å². The standard InChI is InChI=1S/C25H24FN5O3/c26-21-7-16(31-12-17(34-24(31)33)9-30-23(32)14-1-2-14)4-5-18(21)15-3-6-22(29-8-15)25(13-27)19-10-28-11-20(19)25/h3-8,14,17,19-20,28H,1-2,9-12H2,(H,30,32)/t17-,19?,20?,25?/m0/s1. The van der Waals surface area contributed by atoms with Gasteiger partial charge < -0.3 is 15.4 Å². The van der Waals surface area contributed by atoms with Crippen LogP contribution in [0.4, 0.5) is 14.9 Å². The van der Waals surface area contributed by atoms with Crippen molar-refractivity contribution in [2.45, 2.75) is 24.4 Å². The number of ether oxygens (including phenoxy) is 1. The van der Waals surface area contributed by atoms with E-state index < -0.39 is 23.4 Å². The van der Waals surface area contributed by atoms with E-state index in [1.54, 1.807) is 24.4 Å². The average Bonchev–Trinajstić information content (AvgIpc) is 3.70. The molecule has 2 aromatic rings. The fourth-order valence-electron chi connectivity index (χ4n) is 5.39. The van der Waals surface area contributed by atoms with Crippen molar-refractivity contribution in [3.05, 3.63) is 48.0 Å². The molecule has 1 aromatic heterocycles. The molecule has 2 N–H and O–H groups in total. The molecule has 0 bridgehead atoms. The number of benzene rings is 1. The number of amides is 2. The normalized spacial score (nSPS) is 29.4. The smallest absolute Gasteiger partial charge is 0.414 e. The van der Waals surface area contributed by atoms with E-state index in [1.165, 1.54) is 11.0 Å². The van der Waals surface area contributed by atoms with Gasteiger partial charge in [-0.2, -0.15) is 5.26 Å². The number of anilines is 1. The molecule has 34 heavy (non-hydrogen) atoms. The predicted octanol–water partition coefficient (Wildman–Crippen LogP) is 2.35. The maximum Gasteiger partial charge on any atom is 0.414 e. The lowest BCUT2D eigenvalue weighted by atomic mass is 9.96. The Bertz CT molecular complexity index is 1200. The van der Waals surface area contributed by atoms with Crippen LogP contribution in [0.2, 0.25) is 0 Å². The Morgan fingerprint density at radius 2 is 2.09 bits per heavy atom. The third kappa shape index (κ3) is 3.32. The minimum absolute atomic E-state index is 0.00762. The second-order valence-electron chi connectivity index (χ2n) is 9.58. The number of hydrogen-bond donors (Lipinski definition) is 2. The fourth-order valence-corrected chi connectivity index (χ4v) is 5.39. The highest BCUT2D eigenvalue weighted by molar-refractivity contribution is 5.90. The number of nitriles is 1. The van der Waals surface area contributed by atoms with E-state index in [2.05, 4.69) is 21.7 Å². The lowest BCUT2D eigenvalue weighted by Gasteiger charge is -2.15. The Morgan fingerprint density at radius 1 is 1.29 bits per heavy atom. The van der Waals surface area contributed by atoms with Gasteiger partial charge in [-0.15, -0.1) is 0 Å².